The van der Waals surface area contributed by atoms with Crippen molar-refractivity contribution in [1.29, 1.82) is 0 Å². The van der Waals surface area contributed by atoms with Crippen LogP contribution in [0.15, 0.2) is 73.4 Å². The van der Waals surface area contributed by atoms with Gasteiger partial charge in [-0.25, -0.2) is 4.98 Å². The number of carbonyl (C=O) groups excluding carboxylic acids is 1. The van der Waals surface area contributed by atoms with Crippen molar-refractivity contribution in [3.63, 3.8) is 0 Å². The first kappa shape index (κ1) is 28.3. The van der Waals surface area contributed by atoms with Crippen molar-refractivity contribution in [3.05, 3.63) is 95.3 Å². The van der Waals surface area contributed by atoms with E-state index in [2.05, 4.69) is 54.2 Å². The maximum atomic E-state index is 13.3. The number of fused-ring (bicyclic) bond motifs is 1. The van der Waals surface area contributed by atoms with Crippen LogP contribution in [0.5, 0.6) is 5.75 Å². The normalized spacial score (nSPS) is 11.3. The second-order valence-corrected chi connectivity index (χ2v) is 10.9. The highest BCUT2D eigenvalue weighted by atomic mass is 79.9. The summed E-state index contributed by atoms with van der Waals surface area (Å²) in [4.78, 5) is 30.2. The van der Waals surface area contributed by atoms with Crippen molar-refractivity contribution in [2.75, 3.05) is 11.9 Å². The molecule has 3 aromatic carbocycles. The molecule has 4 rings (SSSR count). The summed E-state index contributed by atoms with van der Waals surface area (Å²) < 4.78 is 8.30. The van der Waals surface area contributed by atoms with E-state index in [1.54, 1.807) is 42.5 Å². The van der Waals surface area contributed by atoms with Crippen LogP contribution in [0.3, 0.4) is 0 Å². The Bertz CT molecular complexity index is 1550. The number of amides is 1. The third-order valence-electron chi connectivity index (χ3n) is 5.45. The van der Waals surface area contributed by atoms with Gasteiger partial charge in [0.1, 0.15) is 5.82 Å². The van der Waals surface area contributed by atoms with Gasteiger partial charge in [-0.3, -0.25) is 9.59 Å². The number of halogens is 4. The fourth-order valence-electron chi connectivity index (χ4n) is 3.59. The van der Waals surface area contributed by atoms with Crippen LogP contribution in [-0.2, 0) is 11.2 Å². The predicted octanol–water partition coefficient (Wildman–Crippen LogP) is 7.47. The third kappa shape index (κ3) is 7.02. The van der Waals surface area contributed by atoms with E-state index in [0.29, 0.717) is 49.6 Å². The van der Waals surface area contributed by atoms with E-state index in [-0.39, 0.29) is 23.1 Å². The topological polar surface area (TPSA) is 85.6 Å². The van der Waals surface area contributed by atoms with Gasteiger partial charge < -0.3 is 10.1 Å². The SMILES string of the molecule is CCCCc1nc2ccc(Br)cc2c(=O)n1N=Cc1cc(Cl)c(OCC(=O)Nc2ccc(Cl)cc2)c(Br)c1. The van der Waals surface area contributed by atoms with Crippen molar-refractivity contribution in [1.82, 2.24) is 9.66 Å². The lowest BCUT2D eigenvalue weighted by molar-refractivity contribution is -0.118. The van der Waals surface area contributed by atoms with E-state index in [1.807, 2.05) is 12.1 Å². The number of nitrogens with one attached hydrogen (secondary N) is 1. The Morgan fingerprint density at radius 1 is 1.13 bits per heavy atom. The molecule has 0 unspecified atom stereocenters. The zero-order valence-electron chi connectivity index (χ0n) is 20.2. The van der Waals surface area contributed by atoms with Gasteiger partial charge in [-0.2, -0.15) is 9.78 Å². The summed E-state index contributed by atoms with van der Waals surface area (Å²) in [7, 11) is 0. The van der Waals surface area contributed by atoms with E-state index < -0.39 is 0 Å². The molecule has 0 spiro atoms. The molecule has 0 atom stereocenters. The van der Waals surface area contributed by atoms with Gasteiger partial charge in [-0.05, 0) is 82.5 Å². The molecule has 0 aliphatic heterocycles. The van der Waals surface area contributed by atoms with Gasteiger partial charge in [0.25, 0.3) is 11.5 Å². The van der Waals surface area contributed by atoms with Crippen LogP contribution in [-0.4, -0.2) is 28.4 Å². The average Bonchev–Trinajstić information content (AvgIpc) is 2.88. The number of aromatic nitrogens is 2. The highest BCUT2D eigenvalue weighted by molar-refractivity contribution is 9.10. The molecule has 0 fully saturated rings. The van der Waals surface area contributed by atoms with E-state index >= 15 is 0 Å². The molecule has 1 amide bonds. The van der Waals surface area contributed by atoms with Crippen LogP contribution < -0.4 is 15.6 Å². The molecule has 0 saturated carbocycles. The summed E-state index contributed by atoms with van der Waals surface area (Å²) in [5.74, 6) is 0.545. The Morgan fingerprint density at radius 2 is 1.89 bits per heavy atom. The van der Waals surface area contributed by atoms with Crippen LogP contribution >= 0.6 is 55.1 Å². The summed E-state index contributed by atoms with van der Waals surface area (Å²) in [6, 6.07) is 15.5. The van der Waals surface area contributed by atoms with Gasteiger partial charge in [0, 0.05) is 21.6 Å². The average molecular weight is 681 g/mol. The van der Waals surface area contributed by atoms with Crippen molar-refractivity contribution in [2.24, 2.45) is 5.10 Å². The first-order chi connectivity index (χ1) is 18.2. The second-order valence-electron chi connectivity index (χ2n) is 8.31. The molecule has 1 heterocycles. The number of carbonyl (C=O) groups is 1. The fraction of sp³-hybridized carbons (Fsp3) is 0.185. The van der Waals surface area contributed by atoms with Gasteiger partial charge in [0.05, 0.1) is 26.6 Å². The zero-order valence-corrected chi connectivity index (χ0v) is 24.9. The number of benzene rings is 3. The second kappa shape index (κ2) is 12.9. The quantitative estimate of drug-likeness (QED) is 0.186. The Hall–Kier alpha value is -2.72. The Labute approximate surface area is 246 Å². The molecule has 7 nitrogen and oxygen atoms in total. The standard InChI is InChI=1S/C27H22Br2Cl2N4O3/c1-2-3-4-24-34-23-10-5-17(28)13-20(23)27(37)35(24)32-14-16-11-21(29)26(22(31)12-16)38-15-25(36)33-19-8-6-18(30)7-9-19/h5-14H,2-4,15H2,1H3,(H,33,36). The lowest BCUT2D eigenvalue weighted by Gasteiger charge is -2.12. The Morgan fingerprint density at radius 3 is 2.61 bits per heavy atom. The van der Waals surface area contributed by atoms with Gasteiger partial charge in [-0.15, -0.1) is 0 Å². The predicted molar refractivity (Wildman–Crippen MR) is 160 cm³/mol. The molecule has 0 saturated heterocycles. The molecule has 0 aliphatic carbocycles. The lowest BCUT2D eigenvalue weighted by atomic mass is 10.2. The van der Waals surface area contributed by atoms with Crippen LogP contribution in [0.25, 0.3) is 10.9 Å². The molecule has 38 heavy (non-hydrogen) atoms. The molecule has 1 aromatic heterocycles. The molecular weight excluding hydrogens is 659 g/mol. The number of aryl methyl sites for hydroxylation is 1. The fourth-order valence-corrected chi connectivity index (χ4v) is 5.07. The highest BCUT2D eigenvalue weighted by Gasteiger charge is 2.13. The minimum absolute atomic E-state index is 0.247. The summed E-state index contributed by atoms with van der Waals surface area (Å²) in [5.41, 5.74) is 1.60. The third-order valence-corrected chi connectivity index (χ3v) is 7.06. The van der Waals surface area contributed by atoms with Crippen molar-refractivity contribution >= 4 is 83.8 Å². The minimum Gasteiger partial charge on any atom is -0.481 e. The molecule has 1 N–H and O–H groups in total. The largest absolute Gasteiger partial charge is 0.481 e. The monoisotopic (exact) mass is 678 g/mol. The lowest BCUT2D eigenvalue weighted by Crippen LogP contribution is -2.22. The number of anilines is 1. The smallest absolute Gasteiger partial charge is 0.282 e. The Balaban J connectivity index is 1.54. The first-order valence-electron chi connectivity index (χ1n) is 11.7. The van der Waals surface area contributed by atoms with Crippen LogP contribution in [0.2, 0.25) is 10.0 Å². The number of rotatable bonds is 9. The van der Waals surface area contributed by atoms with Gasteiger partial charge in [0.15, 0.2) is 12.4 Å². The first-order valence-corrected chi connectivity index (χ1v) is 14.0. The van der Waals surface area contributed by atoms with E-state index in [4.69, 9.17) is 27.9 Å². The van der Waals surface area contributed by atoms with Gasteiger partial charge in [0.2, 0.25) is 0 Å². The van der Waals surface area contributed by atoms with Crippen molar-refractivity contribution in [2.45, 2.75) is 26.2 Å². The van der Waals surface area contributed by atoms with Crippen molar-refractivity contribution in [3.8, 4) is 5.75 Å². The van der Waals surface area contributed by atoms with E-state index in [0.717, 1.165) is 17.3 Å². The molecule has 4 aromatic rings. The summed E-state index contributed by atoms with van der Waals surface area (Å²) >= 11 is 19.2. The van der Waals surface area contributed by atoms with Crippen LogP contribution in [0.1, 0.15) is 31.2 Å². The molecule has 0 aliphatic rings. The molecule has 0 radical (unpaired) electrons. The number of nitrogens with zero attached hydrogens (tertiary/aromatic N) is 3. The Kier molecular flexibility index (Phi) is 9.59. The molecule has 11 heteroatoms. The van der Waals surface area contributed by atoms with Crippen LogP contribution in [0, 0.1) is 0 Å². The van der Waals surface area contributed by atoms with Crippen molar-refractivity contribution < 1.29 is 9.53 Å². The summed E-state index contributed by atoms with van der Waals surface area (Å²) in [6.45, 7) is 1.83. The summed E-state index contributed by atoms with van der Waals surface area (Å²) in [6.07, 6.45) is 3.99. The molecule has 0 bridgehead atoms. The number of hydrogen-bond donors (Lipinski definition) is 1. The highest BCUT2D eigenvalue weighted by Crippen LogP contribution is 2.34. The number of hydrogen-bond acceptors (Lipinski definition) is 5. The number of ether oxygens (including phenoxy) is 1. The zero-order chi connectivity index (χ0) is 27.2. The number of unbranched alkanes of at least 4 members (excludes halogenated alkanes) is 1. The minimum atomic E-state index is -0.352. The van der Waals surface area contributed by atoms with E-state index in [1.165, 1.54) is 10.9 Å². The van der Waals surface area contributed by atoms with Crippen LogP contribution in [0.4, 0.5) is 5.69 Å². The maximum Gasteiger partial charge on any atom is 0.282 e. The van der Waals surface area contributed by atoms with Gasteiger partial charge >= 0.3 is 0 Å². The van der Waals surface area contributed by atoms with Gasteiger partial charge in [-0.1, -0.05) is 52.5 Å². The molecular formula is C27H22Br2Cl2N4O3. The molecule has 196 valence electrons. The summed E-state index contributed by atoms with van der Waals surface area (Å²) in [5, 5.41) is 8.50. The van der Waals surface area contributed by atoms with E-state index in [9.17, 15) is 9.59 Å². The maximum absolute atomic E-state index is 13.3.